The van der Waals surface area contributed by atoms with E-state index in [2.05, 4.69) is 20.4 Å². The van der Waals surface area contributed by atoms with E-state index in [9.17, 15) is 9.18 Å². The Morgan fingerprint density at radius 3 is 2.80 bits per heavy atom. The Morgan fingerprint density at radius 2 is 1.97 bits per heavy atom. The van der Waals surface area contributed by atoms with Gasteiger partial charge in [0.25, 0.3) is 5.91 Å². The van der Waals surface area contributed by atoms with E-state index in [1.165, 1.54) is 24.3 Å². The van der Waals surface area contributed by atoms with Crippen LogP contribution in [0.4, 0.5) is 4.39 Å². The van der Waals surface area contributed by atoms with E-state index >= 15 is 0 Å². The predicted octanol–water partition coefficient (Wildman–Crippen LogP) is 2.78. The number of carbonyl (C=O) groups is 1. The van der Waals surface area contributed by atoms with Gasteiger partial charge in [-0.15, -0.1) is 0 Å². The number of nitrogens with zero attached hydrogens (tertiary/aromatic N) is 3. The number of fused-ring (bicyclic) bond motifs is 1. The van der Waals surface area contributed by atoms with Crippen molar-refractivity contribution in [2.45, 2.75) is 18.5 Å². The number of carbonyl (C=O) groups excluding carboxylic acids is 1. The summed E-state index contributed by atoms with van der Waals surface area (Å²) in [4.78, 5) is 19.0. The molecule has 0 radical (unpaired) electrons. The molecule has 1 saturated heterocycles. The third-order valence-corrected chi connectivity index (χ3v) is 5.35. The van der Waals surface area contributed by atoms with Gasteiger partial charge in [0.15, 0.2) is 11.5 Å². The first-order valence-electron chi connectivity index (χ1n) is 9.57. The summed E-state index contributed by atoms with van der Waals surface area (Å²) in [5.74, 6) is 1.69. The van der Waals surface area contributed by atoms with Crippen LogP contribution in [0.25, 0.3) is 11.4 Å². The summed E-state index contributed by atoms with van der Waals surface area (Å²) >= 11 is 0. The monoisotopic (exact) mass is 410 g/mol. The smallest absolute Gasteiger partial charge is 0.251 e. The van der Waals surface area contributed by atoms with Crippen LogP contribution in [0.2, 0.25) is 0 Å². The zero-order valence-corrected chi connectivity index (χ0v) is 16.2. The number of rotatable bonds is 4. The van der Waals surface area contributed by atoms with Crippen molar-refractivity contribution in [3.8, 4) is 22.9 Å². The van der Waals surface area contributed by atoms with Gasteiger partial charge in [-0.05, 0) is 55.9 Å². The molecule has 5 rings (SSSR count). The summed E-state index contributed by atoms with van der Waals surface area (Å²) in [5.41, 5.74) is 1.20. The van der Waals surface area contributed by atoms with E-state index < -0.39 is 0 Å². The maximum absolute atomic E-state index is 13.1. The number of ether oxygens (including phenoxy) is 2. The number of nitrogens with one attached hydrogen (secondary N) is 1. The molecule has 0 bridgehead atoms. The van der Waals surface area contributed by atoms with Crippen molar-refractivity contribution in [2.75, 3.05) is 20.4 Å². The summed E-state index contributed by atoms with van der Waals surface area (Å²) in [7, 11) is 1.94. The Bertz CT molecular complexity index is 1080. The van der Waals surface area contributed by atoms with Crippen LogP contribution < -0.4 is 14.8 Å². The third-order valence-electron chi connectivity index (χ3n) is 5.35. The van der Waals surface area contributed by atoms with Crippen LogP contribution >= 0.6 is 0 Å². The number of likely N-dealkylation sites (tertiary alicyclic amines) is 1. The van der Waals surface area contributed by atoms with Crippen LogP contribution in [0.5, 0.6) is 11.5 Å². The van der Waals surface area contributed by atoms with Crippen molar-refractivity contribution in [1.29, 1.82) is 0 Å². The largest absolute Gasteiger partial charge is 0.454 e. The molecule has 30 heavy (non-hydrogen) atoms. The highest BCUT2D eigenvalue weighted by Crippen LogP contribution is 2.36. The molecular weight excluding hydrogens is 391 g/mol. The number of halogens is 1. The summed E-state index contributed by atoms with van der Waals surface area (Å²) in [6.45, 7) is 0.841. The lowest BCUT2D eigenvalue weighted by Gasteiger charge is -2.14. The topological polar surface area (TPSA) is 89.7 Å². The molecule has 2 atom stereocenters. The molecule has 8 nitrogen and oxygen atoms in total. The first-order valence-corrected chi connectivity index (χ1v) is 9.57. The zero-order chi connectivity index (χ0) is 20.7. The van der Waals surface area contributed by atoms with E-state index in [0.29, 0.717) is 41.7 Å². The highest BCUT2D eigenvalue weighted by atomic mass is 19.1. The Morgan fingerprint density at radius 1 is 1.17 bits per heavy atom. The van der Waals surface area contributed by atoms with Crippen molar-refractivity contribution < 1.29 is 23.2 Å². The second kappa shape index (κ2) is 7.42. The van der Waals surface area contributed by atoms with E-state index in [1.54, 1.807) is 0 Å². The van der Waals surface area contributed by atoms with Crippen molar-refractivity contribution in [3.63, 3.8) is 0 Å². The highest BCUT2D eigenvalue weighted by Gasteiger charge is 2.35. The Hall–Kier alpha value is -3.46. The number of likely N-dealkylation sites (N-methyl/N-ethyl adjacent to an activating group) is 1. The number of hydrogen-bond donors (Lipinski definition) is 1. The van der Waals surface area contributed by atoms with E-state index in [4.69, 9.17) is 14.0 Å². The van der Waals surface area contributed by atoms with Gasteiger partial charge in [0, 0.05) is 23.7 Å². The lowest BCUT2D eigenvalue weighted by atomic mass is 10.1. The number of amides is 1. The fourth-order valence-corrected chi connectivity index (χ4v) is 3.79. The molecule has 0 spiro atoms. The predicted molar refractivity (Wildman–Crippen MR) is 103 cm³/mol. The molecule has 9 heteroatoms. The minimum atomic E-state index is -0.373. The molecule has 1 amide bonds. The van der Waals surface area contributed by atoms with Crippen LogP contribution in [-0.4, -0.2) is 47.4 Å². The molecule has 1 N–H and O–H groups in total. The quantitative estimate of drug-likeness (QED) is 0.707. The summed E-state index contributed by atoms with van der Waals surface area (Å²) in [5, 5.41) is 7.09. The van der Waals surface area contributed by atoms with Crippen LogP contribution in [0.15, 0.2) is 47.0 Å². The van der Waals surface area contributed by atoms with Gasteiger partial charge in [-0.25, -0.2) is 4.39 Å². The van der Waals surface area contributed by atoms with Crippen molar-refractivity contribution >= 4 is 5.91 Å². The van der Waals surface area contributed by atoms with Crippen LogP contribution in [0.1, 0.15) is 28.7 Å². The minimum absolute atomic E-state index is 0.0848. The Balaban J connectivity index is 1.27. The minimum Gasteiger partial charge on any atom is -0.454 e. The van der Waals surface area contributed by atoms with Gasteiger partial charge in [-0.3, -0.25) is 9.69 Å². The molecule has 2 aromatic carbocycles. The van der Waals surface area contributed by atoms with Crippen molar-refractivity contribution in [1.82, 2.24) is 20.4 Å². The normalized spacial score (nSPS) is 20.5. The molecule has 0 saturated carbocycles. The molecule has 3 heterocycles. The Labute approximate surface area is 171 Å². The van der Waals surface area contributed by atoms with E-state index in [0.717, 1.165) is 5.56 Å². The van der Waals surface area contributed by atoms with E-state index in [-0.39, 0.29) is 30.6 Å². The fraction of sp³-hybridized carbons (Fsp3) is 0.286. The first-order chi connectivity index (χ1) is 14.6. The van der Waals surface area contributed by atoms with Gasteiger partial charge >= 0.3 is 0 Å². The standard InChI is InChI=1S/C21H19FN4O4/c1-26-10-15(23-20(27)12-2-5-14(22)6-3-12)9-16(26)21-24-19(25-30-21)13-4-7-17-18(8-13)29-11-28-17/h2-8,15-16H,9-11H2,1H3,(H,23,27). The molecule has 154 valence electrons. The molecule has 0 aliphatic carbocycles. The third kappa shape index (κ3) is 3.48. The SMILES string of the molecule is CN1CC(NC(=O)c2ccc(F)cc2)CC1c1nc(-c2ccc3c(c2)OCO3)no1. The molecule has 2 aliphatic heterocycles. The number of aromatic nitrogens is 2. The first kappa shape index (κ1) is 18.6. The average Bonchev–Trinajstić information content (AvgIpc) is 3.47. The molecule has 1 aromatic heterocycles. The summed E-state index contributed by atoms with van der Waals surface area (Å²) in [6, 6.07) is 10.8. The lowest BCUT2D eigenvalue weighted by Crippen LogP contribution is -2.36. The van der Waals surface area contributed by atoms with Crippen LogP contribution in [-0.2, 0) is 0 Å². The maximum Gasteiger partial charge on any atom is 0.251 e. The van der Waals surface area contributed by atoms with Gasteiger partial charge in [0.1, 0.15) is 5.82 Å². The second-order valence-electron chi connectivity index (χ2n) is 7.39. The number of benzene rings is 2. The van der Waals surface area contributed by atoms with Gasteiger partial charge < -0.3 is 19.3 Å². The maximum atomic E-state index is 13.1. The molecule has 1 fully saturated rings. The van der Waals surface area contributed by atoms with Crippen LogP contribution in [0.3, 0.4) is 0 Å². The Kier molecular flexibility index (Phi) is 4.59. The molecule has 2 unspecified atom stereocenters. The molecule has 3 aromatic rings. The molecular formula is C21H19FN4O4. The second-order valence-corrected chi connectivity index (χ2v) is 7.39. The van der Waals surface area contributed by atoms with Crippen LogP contribution in [0, 0.1) is 5.82 Å². The summed E-state index contributed by atoms with van der Waals surface area (Å²) in [6.07, 6.45) is 0.631. The van der Waals surface area contributed by atoms with Crippen molar-refractivity contribution in [2.24, 2.45) is 0 Å². The average molecular weight is 410 g/mol. The highest BCUT2D eigenvalue weighted by molar-refractivity contribution is 5.94. The zero-order valence-electron chi connectivity index (χ0n) is 16.2. The van der Waals surface area contributed by atoms with Gasteiger partial charge in [0.05, 0.1) is 6.04 Å². The lowest BCUT2D eigenvalue weighted by molar-refractivity contribution is 0.0938. The van der Waals surface area contributed by atoms with Crippen molar-refractivity contribution in [3.05, 3.63) is 59.7 Å². The van der Waals surface area contributed by atoms with E-state index in [1.807, 2.05) is 25.2 Å². The fourth-order valence-electron chi connectivity index (χ4n) is 3.79. The van der Waals surface area contributed by atoms with Gasteiger partial charge in [-0.1, -0.05) is 5.16 Å². The summed E-state index contributed by atoms with van der Waals surface area (Å²) < 4.78 is 29.3. The number of hydrogen-bond acceptors (Lipinski definition) is 7. The molecule has 2 aliphatic rings. The van der Waals surface area contributed by atoms with Gasteiger partial charge in [-0.2, -0.15) is 4.98 Å². The van der Waals surface area contributed by atoms with Gasteiger partial charge in [0.2, 0.25) is 18.5 Å².